The van der Waals surface area contributed by atoms with E-state index in [9.17, 15) is 31.1 Å². The zero-order chi connectivity index (χ0) is 29.3. The summed E-state index contributed by atoms with van der Waals surface area (Å²) in [7, 11) is 0. The van der Waals surface area contributed by atoms with Crippen molar-refractivity contribution < 1.29 is 45.3 Å². The first-order chi connectivity index (χ1) is 18.6. The third-order valence-electron chi connectivity index (χ3n) is 8.23. The molecule has 1 spiro atoms. The van der Waals surface area contributed by atoms with Gasteiger partial charge in [0.2, 0.25) is 0 Å². The molecule has 1 aromatic carbocycles. The fourth-order valence-corrected chi connectivity index (χ4v) is 6.07. The maximum Gasteiger partial charge on any atom is 0.573 e. The SMILES string of the molecule is CC(OC(=O)N1CCC2(CC1)CN(Cc1cc(CN3CCOCC3)ccc1OC(F)(F)F)C(C)(C)C2)C(F)(F)F. The number of rotatable bonds is 6. The average molecular weight is 582 g/mol. The molecule has 3 heterocycles. The highest BCUT2D eigenvalue weighted by molar-refractivity contribution is 5.68. The van der Waals surface area contributed by atoms with Gasteiger partial charge < -0.3 is 19.1 Å². The molecule has 1 atom stereocenters. The summed E-state index contributed by atoms with van der Waals surface area (Å²) in [5.41, 5.74) is 0.753. The lowest BCUT2D eigenvalue weighted by Crippen LogP contribution is -2.46. The second-order valence-electron chi connectivity index (χ2n) is 11.8. The van der Waals surface area contributed by atoms with Crippen LogP contribution >= 0.6 is 0 Å². The highest BCUT2D eigenvalue weighted by Crippen LogP contribution is 2.49. The molecule has 0 N–H and O–H groups in total. The molecule has 0 aliphatic carbocycles. The number of ether oxygens (including phenoxy) is 3. The summed E-state index contributed by atoms with van der Waals surface area (Å²) < 4.78 is 92.5. The Kier molecular flexibility index (Phi) is 8.87. The summed E-state index contributed by atoms with van der Waals surface area (Å²) in [5.74, 6) is -0.230. The molecule has 40 heavy (non-hydrogen) atoms. The number of morpholine rings is 1. The molecule has 3 fully saturated rings. The number of hydrogen-bond donors (Lipinski definition) is 0. The van der Waals surface area contributed by atoms with E-state index in [1.54, 1.807) is 12.1 Å². The van der Waals surface area contributed by atoms with Crippen molar-refractivity contribution in [1.29, 1.82) is 0 Å². The smallest absolute Gasteiger partial charge is 0.437 e. The maximum absolute atomic E-state index is 13.2. The van der Waals surface area contributed by atoms with Gasteiger partial charge in [-0.25, -0.2) is 4.79 Å². The van der Waals surface area contributed by atoms with E-state index in [-0.39, 0.29) is 36.3 Å². The number of likely N-dealkylation sites (tertiary alicyclic amines) is 2. The van der Waals surface area contributed by atoms with Crippen LogP contribution in [0, 0.1) is 5.41 Å². The Morgan fingerprint density at radius 1 is 1.02 bits per heavy atom. The first-order valence-corrected chi connectivity index (χ1v) is 13.5. The van der Waals surface area contributed by atoms with E-state index >= 15 is 0 Å². The van der Waals surface area contributed by atoms with Crippen molar-refractivity contribution in [2.24, 2.45) is 5.41 Å². The Morgan fingerprint density at radius 3 is 2.27 bits per heavy atom. The number of halogens is 6. The van der Waals surface area contributed by atoms with Crippen molar-refractivity contribution >= 4 is 6.09 Å². The molecule has 1 amide bonds. The van der Waals surface area contributed by atoms with Crippen molar-refractivity contribution in [3.05, 3.63) is 29.3 Å². The van der Waals surface area contributed by atoms with Gasteiger partial charge in [-0.2, -0.15) is 13.2 Å². The van der Waals surface area contributed by atoms with E-state index in [2.05, 4.69) is 19.3 Å². The molecule has 3 aliphatic rings. The number of nitrogens with zero attached hydrogens (tertiary/aromatic N) is 3. The number of amides is 1. The van der Waals surface area contributed by atoms with Crippen molar-refractivity contribution in [3.63, 3.8) is 0 Å². The van der Waals surface area contributed by atoms with Crippen molar-refractivity contribution in [3.8, 4) is 5.75 Å². The Labute approximate surface area is 230 Å². The lowest BCUT2D eigenvalue weighted by molar-refractivity contribution is -0.275. The van der Waals surface area contributed by atoms with Gasteiger partial charge in [0.25, 0.3) is 0 Å². The number of piperidine rings is 1. The number of hydrogen-bond acceptors (Lipinski definition) is 6. The molecule has 0 aromatic heterocycles. The van der Waals surface area contributed by atoms with Crippen molar-refractivity contribution in [2.75, 3.05) is 45.9 Å². The lowest BCUT2D eigenvalue weighted by Gasteiger charge is -2.39. The predicted octanol–water partition coefficient (Wildman–Crippen LogP) is 5.57. The van der Waals surface area contributed by atoms with Crippen LogP contribution in [-0.2, 0) is 22.6 Å². The molecule has 0 radical (unpaired) electrons. The summed E-state index contributed by atoms with van der Waals surface area (Å²) in [6.07, 6.45) is -10.8. The zero-order valence-electron chi connectivity index (χ0n) is 23.0. The molecule has 3 saturated heterocycles. The summed E-state index contributed by atoms with van der Waals surface area (Å²) in [5, 5.41) is 0. The summed E-state index contributed by atoms with van der Waals surface area (Å²) in [6.45, 7) is 9.52. The summed E-state index contributed by atoms with van der Waals surface area (Å²) in [6, 6.07) is 4.81. The average Bonchev–Trinajstić information content (AvgIpc) is 3.09. The predicted molar refractivity (Wildman–Crippen MR) is 134 cm³/mol. The number of alkyl halides is 6. The van der Waals surface area contributed by atoms with Gasteiger partial charge in [-0.15, -0.1) is 13.2 Å². The third kappa shape index (κ3) is 7.73. The van der Waals surface area contributed by atoms with E-state index in [0.717, 1.165) is 32.0 Å². The van der Waals surface area contributed by atoms with E-state index in [4.69, 9.17) is 4.74 Å². The van der Waals surface area contributed by atoms with Gasteiger partial charge in [-0.3, -0.25) is 9.80 Å². The van der Waals surface area contributed by atoms with Crippen LogP contribution in [-0.4, -0.2) is 90.9 Å². The minimum absolute atomic E-state index is 0.216. The molecular formula is C27H37F6N3O4. The quantitative estimate of drug-likeness (QED) is 0.410. The molecule has 1 aromatic rings. The third-order valence-corrected chi connectivity index (χ3v) is 8.23. The first-order valence-electron chi connectivity index (χ1n) is 13.5. The van der Waals surface area contributed by atoms with Gasteiger partial charge >= 0.3 is 18.6 Å². The Balaban J connectivity index is 1.45. The van der Waals surface area contributed by atoms with Crippen LogP contribution in [0.4, 0.5) is 31.1 Å². The van der Waals surface area contributed by atoms with Crippen LogP contribution in [0.2, 0.25) is 0 Å². The van der Waals surface area contributed by atoms with Gasteiger partial charge in [0.05, 0.1) is 13.2 Å². The normalized spacial score (nSPS) is 22.9. The first kappa shape index (κ1) is 30.7. The van der Waals surface area contributed by atoms with Crippen LogP contribution in [0.5, 0.6) is 5.75 Å². The van der Waals surface area contributed by atoms with Gasteiger partial charge in [0.15, 0.2) is 6.10 Å². The maximum atomic E-state index is 13.2. The fourth-order valence-electron chi connectivity index (χ4n) is 6.07. The minimum atomic E-state index is -4.83. The second kappa shape index (κ2) is 11.6. The van der Waals surface area contributed by atoms with Crippen molar-refractivity contribution in [2.45, 2.75) is 77.3 Å². The molecule has 226 valence electrons. The Morgan fingerprint density at radius 2 is 1.68 bits per heavy atom. The molecule has 0 saturated carbocycles. The molecule has 7 nitrogen and oxygen atoms in total. The van der Waals surface area contributed by atoms with E-state index < -0.39 is 24.7 Å². The van der Waals surface area contributed by atoms with Crippen LogP contribution in [0.1, 0.15) is 51.2 Å². The van der Waals surface area contributed by atoms with Crippen LogP contribution in [0.15, 0.2) is 18.2 Å². The van der Waals surface area contributed by atoms with Gasteiger partial charge in [0.1, 0.15) is 5.75 Å². The molecular weight excluding hydrogens is 544 g/mol. The fraction of sp³-hybridized carbons (Fsp3) is 0.741. The van der Waals surface area contributed by atoms with E-state index in [1.807, 2.05) is 13.8 Å². The van der Waals surface area contributed by atoms with Crippen LogP contribution < -0.4 is 4.74 Å². The van der Waals surface area contributed by atoms with E-state index in [0.29, 0.717) is 44.7 Å². The molecule has 4 rings (SSSR count). The molecule has 13 heteroatoms. The van der Waals surface area contributed by atoms with Crippen LogP contribution in [0.3, 0.4) is 0 Å². The van der Waals surface area contributed by atoms with Gasteiger partial charge in [-0.1, -0.05) is 6.07 Å². The Hall–Kier alpha value is -2.25. The number of carbonyl (C=O) groups is 1. The second-order valence-corrected chi connectivity index (χ2v) is 11.8. The molecule has 3 aliphatic heterocycles. The molecule has 0 bridgehead atoms. The highest BCUT2D eigenvalue weighted by Gasteiger charge is 2.50. The largest absolute Gasteiger partial charge is 0.573 e. The standard InChI is InChI=1S/C27H37F6N3O4/c1-19(26(28,29)30)39-23(37)35-8-6-25(7-9-35)17-24(2,3)36(18-25)16-21-14-20(15-34-10-12-38-13-11-34)4-5-22(21)40-27(31,32)33/h4-5,14,19H,6-13,15-18H2,1-3H3. The Bertz CT molecular complexity index is 1030. The number of carbonyl (C=O) groups excluding carboxylic acids is 1. The topological polar surface area (TPSA) is 54.5 Å². The monoisotopic (exact) mass is 581 g/mol. The van der Waals surface area contributed by atoms with Crippen molar-refractivity contribution in [1.82, 2.24) is 14.7 Å². The molecule has 1 unspecified atom stereocenters. The van der Waals surface area contributed by atoms with Gasteiger partial charge in [0, 0.05) is 56.9 Å². The van der Waals surface area contributed by atoms with E-state index in [1.165, 1.54) is 11.0 Å². The highest BCUT2D eigenvalue weighted by atomic mass is 19.4. The zero-order valence-corrected chi connectivity index (χ0v) is 23.0. The minimum Gasteiger partial charge on any atom is -0.437 e. The van der Waals surface area contributed by atoms with Gasteiger partial charge in [-0.05, 0) is 63.1 Å². The summed E-state index contributed by atoms with van der Waals surface area (Å²) >= 11 is 0. The summed E-state index contributed by atoms with van der Waals surface area (Å²) in [4.78, 5) is 17.9. The lowest BCUT2D eigenvalue weighted by atomic mass is 9.74. The number of benzene rings is 1. The van der Waals surface area contributed by atoms with Crippen LogP contribution in [0.25, 0.3) is 0 Å².